The molecule has 0 heterocycles. The normalized spacial score (nSPS) is 17.6. The maximum absolute atomic E-state index is 11.1. The van der Waals surface area contributed by atoms with Crippen LogP contribution < -0.4 is 0 Å². The van der Waals surface area contributed by atoms with E-state index in [4.69, 9.17) is 4.74 Å². The summed E-state index contributed by atoms with van der Waals surface area (Å²) in [5.41, 5.74) is 0. The molecule has 0 aromatic carbocycles. The average molecular weight is 183 g/mol. The number of carbonyl (C=O) groups excluding carboxylic acids is 1. The van der Waals surface area contributed by atoms with Crippen molar-refractivity contribution < 1.29 is 9.53 Å². The van der Waals surface area contributed by atoms with Gasteiger partial charge in [0.15, 0.2) is 0 Å². The van der Waals surface area contributed by atoms with Crippen molar-refractivity contribution in [2.75, 3.05) is 6.61 Å². The van der Waals surface area contributed by atoms with Crippen LogP contribution in [0, 0.1) is 12.8 Å². The predicted octanol–water partition coefficient (Wildman–Crippen LogP) is 2.72. The van der Waals surface area contributed by atoms with Crippen LogP contribution >= 0.6 is 0 Å². The van der Waals surface area contributed by atoms with E-state index in [2.05, 4.69) is 6.92 Å². The highest BCUT2D eigenvalue weighted by Crippen LogP contribution is 2.24. The Morgan fingerprint density at radius 3 is 2.69 bits per heavy atom. The number of hydrogen-bond donors (Lipinski definition) is 0. The van der Waals surface area contributed by atoms with Gasteiger partial charge in [0.2, 0.25) is 0 Å². The summed E-state index contributed by atoms with van der Waals surface area (Å²) in [6.07, 6.45) is 7.30. The Bertz CT molecular complexity index is 148. The zero-order valence-corrected chi connectivity index (χ0v) is 8.26. The smallest absolute Gasteiger partial charge is 0.305 e. The van der Waals surface area contributed by atoms with E-state index in [1.807, 2.05) is 0 Å². The molecule has 0 atom stereocenters. The van der Waals surface area contributed by atoms with E-state index < -0.39 is 0 Å². The summed E-state index contributed by atoms with van der Waals surface area (Å²) in [7, 11) is 0. The van der Waals surface area contributed by atoms with Crippen molar-refractivity contribution in [3.8, 4) is 0 Å². The number of unbranched alkanes of at least 4 members (excludes halogenated alkanes) is 1. The summed E-state index contributed by atoms with van der Waals surface area (Å²) in [4.78, 5) is 11.1. The molecule has 1 fully saturated rings. The Morgan fingerprint density at radius 2 is 2.08 bits per heavy atom. The maximum Gasteiger partial charge on any atom is 0.305 e. The van der Waals surface area contributed by atoms with E-state index in [0.717, 1.165) is 12.8 Å². The van der Waals surface area contributed by atoms with Crippen LogP contribution in [0.5, 0.6) is 0 Å². The van der Waals surface area contributed by atoms with Gasteiger partial charge in [0.25, 0.3) is 0 Å². The van der Waals surface area contributed by atoms with Gasteiger partial charge in [-0.15, -0.1) is 0 Å². The Balaban J connectivity index is 2.00. The Morgan fingerprint density at radius 1 is 1.38 bits per heavy atom. The summed E-state index contributed by atoms with van der Waals surface area (Å²) in [5, 5.41) is 0. The average Bonchev–Trinajstić information content (AvgIpc) is 2.64. The molecule has 0 N–H and O–H groups in total. The molecule has 1 radical (unpaired) electrons. The molecule has 0 bridgehead atoms. The van der Waals surface area contributed by atoms with Gasteiger partial charge in [-0.3, -0.25) is 4.79 Å². The SMILES string of the molecule is [CH2]CCCC(=O)OCC1CCCC1. The van der Waals surface area contributed by atoms with Crippen LogP contribution in [-0.2, 0) is 9.53 Å². The third kappa shape index (κ3) is 4.30. The van der Waals surface area contributed by atoms with Gasteiger partial charge >= 0.3 is 5.97 Å². The molecule has 75 valence electrons. The molecule has 1 aliphatic rings. The quantitative estimate of drug-likeness (QED) is 0.612. The van der Waals surface area contributed by atoms with Crippen molar-refractivity contribution in [3.63, 3.8) is 0 Å². The molecule has 2 nitrogen and oxygen atoms in total. The molecule has 0 amide bonds. The van der Waals surface area contributed by atoms with Crippen LogP contribution in [0.25, 0.3) is 0 Å². The zero-order chi connectivity index (χ0) is 9.52. The minimum Gasteiger partial charge on any atom is -0.465 e. The van der Waals surface area contributed by atoms with E-state index in [0.29, 0.717) is 18.9 Å². The number of carbonyl (C=O) groups is 1. The number of ether oxygens (including phenoxy) is 1. The van der Waals surface area contributed by atoms with Gasteiger partial charge in [-0.25, -0.2) is 0 Å². The third-order valence-corrected chi connectivity index (χ3v) is 2.59. The Kier molecular flexibility index (Phi) is 4.87. The molecular weight excluding hydrogens is 164 g/mol. The Labute approximate surface area is 80.7 Å². The molecule has 1 aliphatic carbocycles. The number of rotatable bonds is 5. The first kappa shape index (κ1) is 10.6. The van der Waals surface area contributed by atoms with Crippen LogP contribution in [-0.4, -0.2) is 12.6 Å². The van der Waals surface area contributed by atoms with Gasteiger partial charge in [-0.1, -0.05) is 26.2 Å². The van der Waals surface area contributed by atoms with Crippen LogP contribution in [0.1, 0.15) is 44.9 Å². The van der Waals surface area contributed by atoms with Crippen molar-refractivity contribution in [1.29, 1.82) is 0 Å². The molecule has 0 saturated heterocycles. The first-order valence-corrected chi connectivity index (χ1v) is 5.28. The second-order valence-corrected chi connectivity index (χ2v) is 3.79. The largest absolute Gasteiger partial charge is 0.465 e. The Hall–Kier alpha value is -0.530. The van der Waals surface area contributed by atoms with E-state index in [1.54, 1.807) is 0 Å². The van der Waals surface area contributed by atoms with Crippen molar-refractivity contribution >= 4 is 5.97 Å². The topological polar surface area (TPSA) is 26.3 Å². The summed E-state index contributed by atoms with van der Waals surface area (Å²) < 4.78 is 5.16. The molecule has 2 heteroatoms. The molecule has 0 spiro atoms. The number of hydrogen-bond acceptors (Lipinski definition) is 2. The van der Waals surface area contributed by atoms with Crippen molar-refractivity contribution in [2.45, 2.75) is 44.9 Å². The molecular formula is C11H19O2. The fraction of sp³-hybridized carbons (Fsp3) is 0.818. The lowest BCUT2D eigenvalue weighted by Crippen LogP contribution is -2.11. The molecule has 0 aromatic rings. The fourth-order valence-corrected chi connectivity index (χ4v) is 1.73. The summed E-state index contributed by atoms with van der Waals surface area (Å²) in [6, 6.07) is 0. The van der Waals surface area contributed by atoms with E-state index >= 15 is 0 Å². The minimum atomic E-state index is -0.0458. The highest BCUT2D eigenvalue weighted by molar-refractivity contribution is 5.69. The van der Waals surface area contributed by atoms with E-state index in [1.165, 1.54) is 25.7 Å². The summed E-state index contributed by atoms with van der Waals surface area (Å²) >= 11 is 0. The molecule has 0 unspecified atom stereocenters. The molecule has 13 heavy (non-hydrogen) atoms. The lowest BCUT2D eigenvalue weighted by atomic mass is 10.1. The second-order valence-electron chi connectivity index (χ2n) is 3.79. The van der Waals surface area contributed by atoms with Crippen LogP contribution in [0.2, 0.25) is 0 Å². The minimum absolute atomic E-state index is 0.0458. The lowest BCUT2D eigenvalue weighted by Gasteiger charge is -2.09. The van der Waals surface area contributed by atoms with E-state index in [9.17, 15) is 4.79 Å². The number of esters is 1. The highest BCUT2D eigenvalue weighted by Gasteiger charge is 2.16. The van der Waals surface area contributed by atoms with Gasteiger partial charge in [0, 0.05) is 6.42 Å². The summed E-state index contributed by atoms with van der Waals surface area (Å²) in [6.45, 7) is 4.34. The standard InChI is InChI=1S/C11H19O2/c1-2-3-8-11(12)13-9-10-6-4-5-7-10/h10H,1-9H2. The molecule has 1 saturated carbocycles. The van der Waals surface area contributed by atoms with Gasteiger partial charge < -0.3 is 4.74 Å². The van der Waals surface area contributed by atoms with Gasteiger partial charge in [0.05, 0.1) is 6.61 Å². The monoisotopic (exact) mass is 183 g/mol. The van der Waals surface area contributed by atoms with Gasteiger partial charge in [-0.2, -0.15) is 0 Å². The molecule has 0 aliphatic heterocycles. The van der Waals surface area contributed by atoms with Crippen LogP contribution in [0.15, 0.2) is 0 Å². The van der Waals surface area contributed by atoms with Gasteiger partial charge in [-0.05, 0) is 25.2 Å². The van der Waals surface area contributed by atoms with E-state index in [-0.39, 0.29) is 5.97 Å². The first-order chi connectivity index (χ1) is 6.33. The predicted molar refractivity (Wildman–Crippen MR) is 52.1 cm³/mol. The second kappa shape index (κ2) is 6.01. The summed E-state index contributed by atoms with van der Waals surface area (Å²) in [5.74, 6) is 0.597. The highest BCUT2D eigenvalue weighted by atomic mass is 16.5. The van der Waals surface area contributed by atoms with Crippen molar-refractivity contribution in [2.24, 2.45) is 5.92 Å². The van der Waals surface area contributed by atoms with Crippen molar-refractivity contribution in [3.05, 3.63) is 6.92 Å². The van der Waals surface area contributed by atoms with Crippen molar-refractivity contribution in [1.82, 2.24) is 0 Å². The lowest BCUT2D eigenvalue weighted by molar-refractivity contribution is -0.145. The van der Waals surface area contributed by atoms with Gasteiger partial charge in [0.1, 0.15) is 0 Å². The van der Waals surface area contributed by atoms with Crippen LogP contribution in [0.4, 0.5) is 0 Å². The fourth-order valence-electron chi connectivity index (χ4n) is 1.73. The van der Waals surface area contributed by atoms with Crippen LogP contribution in [0.3, 0.4) is 0 Å². The third-order valence-electron chi connectivity index (χ3n) is 2.59. The molecule has 0 aromatic heterocycles. The zero-order valence-electron chi connectivity index (χ0n) is 8.26. The molecule has 1 rings (SSSR count). The first-order valence-electron chi connectivity index (χ1n) is 5.28. The maximum atomic E-state index is 11.1.